The highest BCUT2D eigenvalue weighted by molar-refractivity contribution is 7.89. The Bertz CT molecular complexity index is 760. The van der Waals surface area contributed by atoms with Crippen LogP contribution in [0.15, 0.2) is 17.8 Å². The van der Waals surface area contributed by atoms with Crippen LogP contribution in [0.4, 0.5) is 5.82 Å². The second kappa shape index (κ2) is 7.11. The molecule has 23 heavy (non-hydrogen) atoms. The van der Waals surface area contributed by atoms with E-state index in [1.54, 1.807) is 22.0 Å². The number of thiophene rings is 1. The molecule has 3 rings (SSSR count). The molecular formula is C15H22N4O2S2. The first-order valence-corrected chi connectivity index (χ1v) is 10.5. The smallest absolute Gasteiger partial charge is 0.214 e. The third kappa shape index (κ3) is 3.81. The maximum Gasteiger partial charge on any atom is 0.214 e. The molecule has 1 aliphatic heterocycles. The molecule has 1 N–H and O–H groups in total. The van der Waals surface area contributed by atoms with E-state index in [9.17, 15) is 8.42 Å². The van der Waals surface area contributed by atoms with E-state index in [0.717, 1.165) is 35.3 Å². The van der Waals surface area contributed by atoms with Gasteiger partial charge in [0, 0.05) is 19.1 Å². The van der Waals surface area contributed by atoms with Crippen LogP contribution in [0.3, 0.4) is 0 Å². The highest BCUT2D eigenvalue weighted by Gasteiger charge is 2.27. The molecule has 6 nitrogen and oxygen atoms in total. The number of anilines is 1. The Balaban J connectivity index is 1.78. The van der Waals surface area contributed by atoms with E-state index in [-0.39, 0.29) is 11.8 Å². The Morgan fingerprint density at radius 2 is 2.26 bits per heavy atom. The van der Waals surface area contributed by atoms with E-state index in [0.29, 0.717) is 19.5 Å². The van der Waals surface area contributed by atoms with Gasteiger partial charge in [-0.1, -0.05) is 13.3 Å². The van der Waals surface area contributed by atoms with Gasteiger partial charge in [0.15, 0.2) is 0 Å². The van der Waals surface area contributed by atoms with Gasteiger partial charge in [-0.3, -0.25) is 0 Å². The first kappa shape index (κ1) is 16.6. The first-order chi connectivity index (χ1) is 11.1. The van der Waals surface area contributed by atoms with Crippen molar-refractivity contribution in [3.05, 3.63) is 17.8 Å². The average molecular weight is 355 g/mol. The molecule has 0 bridgehead atoms. The van der Waals surface area contributed by atoms with Crippen LogP contribution >= 0.6 is 11.3 Å². The second-order valence-electron chi connectivity index (χ2n) is 5.87. The quantitative estimate of drug-likeness (QED) is 0.893. The maximum atomic E-state index is 12.4. The van der Waals surface area contributed by atoms with Crippen LogP contribution in [0, 0.1) is 0 Å². The molecule has 2 aromatic rings. The summed E-state index contributed by atoms with van der Waals surface area (Å²) in [6.07, 6.45) is 5.10. The Morgan fingerprint density at radius 3 is 3.09 bits per heavy atom. The molecule has 0 saturated carbocycles. The van der Waals surface area contributed by atoms with Gasteiger partial charge in [-0.15, -0.1) is 11.3 Å². The lowest BCUT2D eigenvalue weighted by atomic mass is 10.1. The summed E-state index contributed by atoms with van der Waals surface area (Å²) < 4.78 is 26.4. The fourth-order valence-corrected chi connectivity index (χ4v) is 5.28. The molecule has 8 heteroatoms. The van der Waals surface area contributed by atoms with Crippen molar-refractivity contribution in [3.63, 3.8) is 0 Å². The van der Waals surface area contributed by atoms with E-state index in [2.05, 4.69) is 15.3 Å². The van der Waals surface area contributed by atoms with Gasteiger partial charge in [0.25, 0.3) is 0 Å². The van der Waals surface area contributed by atoms with Crippen LogP contribution in [-0.2, 0) is 10.0 Å². The Hall–Kier alpha value is -1.25. The molecule has 2 aromatic heterocycles. The van der Waals surface area contributed by atoms with Crippen molar-refractivity contribution in [2.45, 2.75) is 38.6 Å². The molecule has 1 aliphatic rings. The number of hydrogen-bond acceptors (Lipinski definition) is 6. The fourth-order valence-electron chi connectivity index (χ4n) is 2.96. The molecule has 0 spiro atoms. The molecule has 1 saturated heterocycles. The summed E-state index contributed by atoms with van der Waals surface area (Å²) in [5, 5.41) is 6.44. The number of hydrogen-bond donors (Lipinski definition) is 1. The SMILES string of the molecule is CCCS(=O)(=O)N1CCCC[C@@H](Nc2ncnc3sccc23)C1. The number of nitrogens with one attached hydrogen (secondary N) is 1. The molecule has 0 aromatic carbocycles. The largest absolute Gasteiger partial charge is 0.365 e. The van der Waals surface area contributed by atoms with Crippen LogP contribution in [0.1, 0.15) is 32.6 Å². The lowest BCUT2D eigenvalue weighted by molar-refractivity contribution is 0.412. The van der Waals surface area contributed by atoms with E-state index >= 15 is 0 Å². The predicted molar refractivity (Wildman–Crippen MR) is 94.3 cm³/mol. The Kier molecular flexibility index (Phi) is 5.13. The van der Waals surface area contributed by atoms with Crippen LogP contribution in [0.2, 0.25) is 0 Å². The lowest BCUT2D eigenvalue weighted by Gasteiger charge is -2.25. The highest BCUT2D eigenvalue weighted by atomic mass is 32.2. The topological polar surface area (TPSA) is 75.2 Å². The van der Waals surface area contributed by atoms with E-state index in [1.807, 2.05) is 18.4 Å². The molecule has 1 fully saturated rings. The zero-order valence-corrected chi connectivity index (χ0v) is 14.9. The van der Waals surface area contributed by atoms with Crippen molar-refractivity contribution in [1.29, 1.82) is 0 Å². The van der Waals surface area contributed by atoms with E-state index < -0.39 is 10.0 Å². The monoisotopic (exact) mass is 354 g/mol. The zero-order valence-electron chi connectivity index (χ0n) is 13.2. The number of sulfonamides is 1. The minimum Gasteiger partial charge on any atom is -0.365 e. The molecule has 0 unspecified atom stereocenters. The summed E-state index contributed by atoms with van der Waals surface area (Å²) in [4.78, 5) is 9.55. The third-order valence-corrected chi connectivity index (χ3v) is 6.96. The van der Waals surface area contributed by atoms with Crippen molar-refractivity contribution in [2.24, 2.45) is 0 Å². The van der Waals surface area contributed by atoms with Crippen LogP contribution in [0.5, 0.6) is 0 Å². The molecule has 3 heterocycles. The average Bonchev–Trinajstić information content (AvgIpc) is 2.87. The van der Waals surface area contributed by atoms with Gasteiger partial charge in [-0.2, -0.15) is 4.31 Å². The second-order valence-corrected chi connectivity index (χ2v) is 8.86. The molecular weight excluding hydrogens is 332 g/mol. The van der Waals surface area contributed by atoms with Crippen molar-refractivity contribution in [1.82, 2.24) is 14.3 Å². The number of fused-ring (bicyclic) bond motifs is 1. The summed E-state index contributed by atoms with van der Waals surface area (Å²) in [6.45, 7) is 3.04. The first-order valence-electron chi connectivity index (χ1n) is 8.02. The maximum absolute atomic E-state index is 12.4. The standard InChI is InChI=1S/C15H22N4O2S2/c1-2-9-23(20,21)19-7-4-3-5-12(10-19)18-14-13-6-8-22-15(13)17-11-16-14/h6,8,11-12H,2-5,7,9-10H2,1H3,(H,16,17,18)/t12-/m1/s1. The molecule has 0 amide bonds. The molecule has 0 aliphatic carbocycles. The Morgan fingerprint density at radius 1 is 1.39 bits per heavy atom. The number of nitrogens with zero attached hydrogens (tertiary/aromatic N) is 3. The fraction of sp³-hybridized carbons (Fsp3) is 0.600. The van der Waals surface area contributed by atoms with Gasteiger partial charge in [-0.25, -0.2) is 18.4 Å². The van der Waals surface area contributed by atoms with E-state index in [1.165, 1.54) is 0 Å². The van der Waals surface area contributed by atoms with Gasteiger partial charge in [0.1, 0.15) is 17.0 Å². The van der Waals surface area contributed by atoms with E-state index in [4.69, 9.17) is 0 Å². The van der Waals surface area contributed by atoms with Gasteiger partial charge in [0.05, 0.1) is 11.1 Å². The lowest BCUT2D eigenvalue weighted by Crippen LogP contribution is -2.40. The molecule has 0 radical (unpaired) electrons. The normalized spacial score (nSPS) is 20.5. The predicted octanol–water partition coefficient (Wildman–Crippen LogP) is 2.70. The highest BCUT2D eigenvalue weighted by Crippen LogP contribution is 2.26. The third-order valence-electron chi connectivity index (χ3n) is 4.09. The van der Waals surface area contributed by atoms with Crippen LogP contribution in [-0.4, -0.2) is 47.6 Å². The molecule has 1 atom stereocenters. The van der Waals surface area contributed by atoms with Gasteiger partial charge >= 0.3 is 0 Å². The van der Waals surface area contributed by atoms with Gasteiger partial charge in [0.2, 0.25) is 10.0 Å². The number of rotatable bonds is 5. The summed E-state index contributed by atoms with van der Waals surface area (Å²) in [5.41, 5.74) is 0. The van der Waals surface area contributed by atoms with Crippen molar-refractivity contribution in [3.8, 4) is 0 Å². The minimum atomic E-state index is -3.15. The van der Waals surface area contributed by atoms with Crippen molar-refractivity contribution >= 4 is 37.4 Å². The summed E-state index contributed by atoms with van der Waals surface area (Å²) >= 11 is 1.58. The summed E-state index contributed by atoms with van der Waals surface area (Å²) in [6, 6.07) is 2.09. The Labute approximate surface area is 141 Å². The van der Waals surface area contributed by atoms with Gasteiger partial charge in [-0.05, 0) is 30.7 Å². The summed E-state index contributed by atoms with van der Waals surface area (Å²) in [5.74, 6) is 1.03. The number of aromatic nitrogens is 2. The van der Waals surface area contributed by atoms with Crippen molar-refractivity contribution in [2.75, 3.05) is 24.2 Å². The van der Waals surface area contributed by atoms with Crippen molar-refractivity contribution < 1.29 is 8.42 Å². The minimum absolute atomic E-state index is 0.0853. The van der Waals surface area contributed by atoms with Gasteiger partial charge < -0.3 is 5.32 Å². The van der Waals surface area contributed by atoms with Crippen LogP contribution < -0.4 is 5.32 Å². The molecule has 126 valence electrons. The summed E-state index contributed by atoms with van der Waals surface area (Å²) in [7, 11) is -3.15. The zero-order chi connectivity index (χ0) is 16.3. The van der Waals surface area contributed by atoms with Crippen LogP contribution in [0.25, 0.3) is 10.2 Å².